The molecule has 0 spiro atoms. The zero-order chi connectivity index (χ0) is 13.6. The van der Waals surface area contributed by atoms with E-state index in [9.17, 15) is 0 Å². The summed E-state index contributed by atoms with van der Waals surface area (Å²) in [4.78, 5) is 0. The maximum Gasteiger partial charge on any atom is 0.0137 e. The summed E-state index contributed by atoms with van der Waals surface area (Å²) in [5.41, 5.74) is 4.43. The van der Waals surface area contributed by atoms with Crippen molar-refractivity contribution < 1.29 is 0 Å². The van der Waals surface area contributed by atoms with Crippen LogP contribution in [-0.2, 0) is 6.42 Å². The number of hydrogen-bond donors (Lipinski definition) is 1. The molecule has 1 unspecified atom stereocenters. The lowest BCUT2D eigenvalue weighted by atomic mass is 9.83. The fourth-order valence-corrected chi connectivity index (χ4v) is 2.95. The van der Waals surface area contributed by atoms with Gasteiger partial charge in [0.2, 0.25) is 0 Å². The maximum absolute atomic E-state index is 3.41. The molecule has 1 heterocycles. The number of nitrogens with one attached hydrogen (secondary N) is 1. The minimum absolute atomic E-state index is 0.515. The van der Waals surface area contributed by atoms with Crippen LogP contribution in [0.1, 0.15) is 23.5 Å². The van der Waals surface area contributed by atoms with E-state index >= 15 is 0 Å². The van der Waals surface area contributed by atoms with Gasteiger partial charge in [0, 0.05) is 12.5 Å². The van der Waals surface area contributed by atoms with Gasteiger partial charge in [-0.25, -0.2) is 0 Å². The van der Waals surface area contributed by atoms with Gasteiger partial charge in [-0.2, -0.15) is 0 Å². The monoisotopic (exact) mass is 263 g/mol. The lowest BCUT2D eigenvalue weighted by Gasteiger charge is -2.24. The van der Waals surface area contributed by atoms with Gasteiger partial charge in [-0.3, -0.25) is 0 Å². The highest BCUT2D eigenvalue weighted by Crippen LogP contribution is 2.31. The van der Waals surface area contributed by atoms with E-state index in [1.807, 2.05) is 0 Å². The van der Waals surface area contributed by atoms with Crippen molar-refractivity contribution in [3.05, 3.63) is 83.4 Å². The van der Waals surface area contributed by atoms with Crippen LogP contribution < -0.4 is 5.32 Å². The lowest BCUT2D eigenvalue weighted by Crippen LogP contribution is -2.23. The Balaban J connectivity index is 1.89. The van der Waals surface area contributed by atoms with Gasteiger partial charge in [0.25, 0.3) is 0 Å². The Morgan fingerprint density at radius 3 is 2.25 bits per heavy atom. The normalized spacial score (nSPS) is 16.5. The van der Waals surface area contributed by atoms with Crippen LogP contribution in [-0.4, -0.2) is 13.1 Å². The van der Waals surface area contributed by atoms with E-state index < -0.39 is 0 Å². The molecule has 0 amide bonds. The van der Waals surface area contributed by atoms with E-state index in [0.29, 0.717) is 5.92 Å². The fourth-order valence-electron chi connectivity index (χ4n) is 2.95. The second-order valence-electron chi connectivity index (χ2n) is 5.39. The Morgan fingerprint density at radius 2 is 1.60 bits per heavy atom. The summed E-state index contributed by atoms with van der Waals surface area (Å²) in [5, 5.41) is 3.41. The SMILES string of the molecule is C1=C(C(Cc2ccccc2)c2ccccc2)CCNC1. The second-order valence-corrected chi connectivity index (χ2v) is 5.39. The third-order valence-electron chi connectivity index (χ3n) is 4.03. The molecule has 0 aromatic heterocycles. The molecule has 1 N–H and O–H groups in total. The van der Waals surface area contributed by atoms with Crippen LogP contribution in [0.3, 0.4) is 0 Å². The van der Waals surface area contributed by atoms with Crippen LogP contribution in [0.5, 0.6) is 0 Å². The van der Waals surface area contributed by atoms with Gasteiger partial charge in [0.15, 0.2) is 0 Å². The van der Waals surface area contributed by atoms with Crippen molar-refractivity contribution in [2.24, 2.45) is 0 Å². The van der Waals surface area contributed by atoms with Crippen LogP contribution in [0.4, 0.5) is 0 Å². The van der Waals surface area contributed by atoms with Gasteiger partial charge in [-0.1, -0.05) is 72.3 Å². The standard InChI is InChI=1S/C19H21N/c1-3-7-16(8-4-1)15-19(17-9-5-2-6-10-17)18-11-13-20-14-12-18/h1-11,19-20H,12-15H2. The molecule has 2 aromatic carbocycles. The molecular weight excluding hydrogens is 242 g/mol. The number of hydrogen-bond acceptors (Lipinski definition) is 1. The molecule has 2 aromatic rings. The molecule has 0 bridgehead atoms. The van der Waals surface area contributed by atoms with Crippen molar-refractivity contribution in [2.75, 3.05) is 13.1 Å². The Morgan fingerprint density at radius 1 is 0.900 bits per heavy atom. The number of rotatable bonds is 4. The molecule has 0 aliphatic carbocycles. The molecule has 1 aliphatic heterocycles. The highest BCUT2D eigenvalue weighted by molar-refractivity contribution is 5.33. The van der Waals surface area contributed by atoms with Crippen molar-refractivity contribution in [3.8, 4) is 0 Å². The van der Waals surface area contributed by atoms with Gasteiger partial charge in [-0.15, -0.1) is 0 Å². The van der Waals surface area contributed by atoms with Crippen molar-refractivity contribution >= 4 is 0 Å². The largest absolute Gasteiger partial charge is 0.313 e. The smallest absolute Gasteiger partial charge is 0.0137 e. The van der Waals surface area contributed by atoms with Crippen LogP contribution in [0, 0.1) is 0 Å². The van der Waals surface area contributed by atoms with E-state index in [1.54, 1.807) is 5.57 Å². The molecule has 3 rings (SSSR count). The summed E-state index contributed by atoms with van der Waals surface area (Å²) in [6.07, 6.45) is 4.63. The molecule has 102 valence electrons. The van der Waals surface area contributed by atoms with Crippen molar-refractivity contribution in [2.45, 2.75) is 18.8 Å². The van der Waals surface area contributed by atoms with Gasteiger partial charge in [0.05, 0.1) is 0 Å². The first kappa shape index (κ1) is 13.1. The average molecular weight is 263 g/mol. The minimum Gasteiger partial charge on any atom is -0.313 e. The first-order chi connectivity index (χ1) is 9.93. The van der Waals surface area contributed by atoms with Gasteiger partial charge >= 0.3 is 0 Å². The Hall–Kier alpha value is -1.86. The van der Waals surface area contributed by atoms with E-state index in [4.69, 9.17) is 0 Å². The summed E-state index contributed by atoms with van der Waals surface area (Å²) in [7, 11) is 0. The summed E-state index contributed by atoms with van der Waals surface area (Å²) in [5.74, 6) is 0.515. The van der Waals surface area contributed by atoms with Crippen LogP contribution in [0.25, 0.3) is 0 Å². The topological polar surface area (TPSA) is 12.0 Å². The lowest BCUT2D eigenvalue weighted by molar-refractivity contribution is 0.642. The van der Waals surface area contributed by atoms with Crippen molar-refractivity contribution in [1.29, 1.82) is 0 Å². The quantitative estimate of drug-likeness (QED) is 0.824. The molecule has 0 saturated heterocycles. The van der Waals surface area contributed by atoms with Crippen LogP contribution >= 0.6 is 0 Å². The van der Waals surface area contributed by atoms with E-state index in [0.717, 1.165) is 25.9 Å². The molecule has 1 heteroatoms. The van der Waals surface area contributed by atoms with Gasteiger partial charge in [0.1, 0.15) is 0 Å². The Bertz CT molecular complexity index is 557. The van der Waals surface area contributed by atoms with Crippen molar-refractivity contribution in [3.63, 3.8) is 0 Å². The number of benzene rings is 2. The van der Waals surface area contributed by atoms with E-state index in [-0.39, 0.29) is 0 Å². The Kier molecular flexibility index (Phi) is 4.29. The predicted molar refractivity (Wildman–Crippen MR) is 84.9 cm³/mol. The van der Waals surface area contributed by atoms with Gasteiger partial charge in [-0.05, 0) is 30.5 Å². The highest BCUT2D eigenvalue weighted by Gasteiger charge is 2.18. The van der Waals surface area contributed by atoms with Crippen molar-refractivity contribution in [1.82, 2.24) is 5.32 Å². The molecule has 20 heavy (non-hydrogen) atoms. The maximum atomic E-state index is 3.41. The van der Waals surface area contributed by atoms with Gasteiger partial charge < -0.3 is 5.32 Å². The molecule has 0 radical (unpaired) electrons. The molecule has 0 fully saturated rings. The molecular formula is C19H21N. The summed E-state index contributed by atoms with van der Waals surface area (Å²) in [6.45, 7) is 2.11. The molecule has 1 atom stereocenters. The average Bonchev–Trinajstić information content (AvgIpc) is 2.55. The highest BCUT2D eigenvalue weighted by atomic mass is 14.8. The first-order valence-electron chi connectivity index (χ1n) is 7.42. The molecule has 1 aliphatic rings. The van der Waals surface area contributed by atoms with Crippen LogP contribution in [0.15, 0.2) is 72.3 Å². The molecule has 0 saturated carbocycles. The second kappa shape index (κ2) is 6.53. The van der Waals surface area contributed by atoms with E-state index in [1.165, 1.54) is 11.1 Å². The Labute approximate surface area is 121 Å². The zero-order valence-electron chi connectivity index (χ0n) is 11.8. The third-order valence-corrected chi connectivity index (χ3v) is 4.03. The minimum atomic E-state index is 0.515. The summed E-state index contributed by atoms with van der Waals surface area (Å²) in [6, 6.07) is 21.7. The third kappa shape index (κ3) is 3.17. The molecule has 1 nitrogen and oxygen atoms in total. The van der Waals surface area contributed by atoms with E-state index in [2.05, 4.69) is 72.1 Å². The van der Waals surface area contributed by atoms with Crippen LogP contribution in [0.2, 0.25) is 0 Å². The first-order valence-corrected chi connectivity index (χ1v) is 7.42. The fraction of sp³-hybridized carbons (Fsp3) is 0.263. The predicted octanol–water partition coefficient (Wildman–Crippen LogP) is 3.93. The summed E-state index contributed by atoms with van der Waals surface area (Å²) >= 11 is 0. The zero-order valence-corrected chi connectivity index (χ0v) is 11.8. The summed E-state index contributed by atoms with van der Waals surface area (Å²) < 4.78 is 0.